The fourth-order valence-corrected chi connectivity index (χ4v) is 1.74. The van der Waals surface area contributed by atoms with Crippen molar-refractivity contribution in [1.29, 1.82) is 0 Å². The van der Waals surface area contributed by atoms with Gasteiger partial charge in [0.1, 0.15) is 28.2 Å². The van der Waals surface area contributed by atoms with Gasteiger partial charge in [0, 0.05) is 6.92 Å². The highest BCUT2D eigenvalue weighted by Crippen LogP contribution is 2.17. The van der Waals surface area contributed by atoms with Gasteiger partial charge in [-0.05, 0) is 12.1 Å². The summed E-state index contributed by atoms with van der Waals surface area (Å²) in [6.45, 7) is -0.101. The molecule has 7 nitrogen and oxygen atoms in total. The van der Waals surface area contributed by atoms with Gasteiger partial charge >= 0.3 is 11.9 Å². The highest BCUT2D eigenvalue weighted by molar-refractivity contribution is 6.32. The van der Waals surface area contributed by atoms with Crippen molar-refractivity contribution in [2.75, 3.05) is 11.9 Å². The van der Waals surface area contributed by atoms with Gasteiger partial charge in [0.15, 0.2) is 0 Å². The van der Waals surface area contributed by atoms with E-state index in [1.807, 2.05) is 0 Å². The van der Waals surface area contributed by atoms with Crippen LogP contribution in [0.3, 0.4) is 0 Å². The topological polar surface area (TPSA) is 112 Å². The molecule has 146 valence electrons. The Morgan fingerprint density at radius 1 is 1.07 bits per heavy atom. The normalized spacial score (nSPS) is 10.6. The first-order valence-corrected chi connectivity index (χ1v) is 7.33. The molecule has 0 aromatic carbocycles. The SMILES string of the molecule is CC(F)(F)CNc1ncc(F)cc1C(=O)O.O=C(O)c1cc(F)cnc1Cl. The Labute approximate surface area is 154 Å². The van der Waals surface area contributed by atoms with E-state index in [1.54, 1.807) is 0 Å². The van der Waals surface area contributed by atoms with Crippen molar-refractivity contribution in [2.24, 2.45) is 0 Å². The Bertz CT molecular complexity index is 846. The summed E-state index contributed by atoms with van der Waals surface area (Å²) in [7, 11) is 0. The van der Waals surface area contributed by atoms with E-state index in [-0.39, 0.29) is 16.5 Å². The molecule has 0 aliphatic rings. The summed E-state index contributed by atoms with van der Waals surface area (Å²) in [5, 5.41) is 19.0. The molecule has 0 spiro atoms. The predicted octanol–water partition coefficient (Wildman–Crippen LogP) is 3.56. The van der Waals surface area contributed by atoms with Crippen LogP contribution in [-0.2, 0) is 0 Å². The monoisotopic (exact) mass is 409 g/mol. The molecule has 2 rings (SSSR count). The average Bonchev–Trinajstić information content (AvgIpc) is 2.55. The van der Waals surface area contributed by atoms with Gasteiger partial charge in [-0.25, -0.2) is 37.1 Å². The number of carboxylic acid groups (broad SMARTS) is 2. The molecule has 27 heavy (non-hydrogen) atoms. The second-order valence-electron chi connectivity index (χ2n) is 5.08. The molecular weight excluding hydrogens is 398 g/mol. The zero-order chi connectivity index (χ0) is 20.8. The first kappa shape index (κ1) is 22.1. The van der Waals surface area contributed by atoms with Crippen molar-refractivity contribution in [3.05, 3.63) is 52.4 Å². The van der Waals surface area contributed by atoms with Gasteiger partial charge in [-0.3, -0.25) is 0 Å². The third-order valence-electron chi connectivity index (χ3n) is 2.69. The maximum absolute atomic E-state index is 12.7. The number of anilines is 1. The lowest BCUT2D eigenvalue weighted by Crippen LogP contribution is -2.24. The zero-order valence-corrected chi connectivity index (χ0v) is 14.3. The summed E-state index contributed by atoms with van der Waals surface area (Å²) in [6.07, 6.45) is 1.61. The highest BCUT2D eigenvalue weighted by atomic mass is 35.5. The lowest BCUT2D eigenvalue weighted by Gasteiger charge is -2.13. The van der Waals surface area contributed by atoms with Crippen LogP contribution in [0, 0.1) is 11.6 Å². The molecule has 0 aliphatic heterocycles. The Balaban J connectivity index is 0.000000289. The number of nitrogens with one attached hydrogen (secondary N) is 1. The van der Waals surface area contributed by atoms with E-state index in [1.165, 1.54) is 0 Å². The number of carboxylic acids is 2. The number of aromatic nitrogens is 2. The average molecular weight is 410 g/mol. The van der Waals surface area contributed by atoms with E-state index in [4.69, 9.17) is 21.8 Å². The number of aromatic carboxylic acids is 2. The van der Waals surface area contributed by atoms with Gasteiger partial charge in [0.25, 0.3) is 5.92 Å². The fraction of sp³-hybridized carbons (Fsp3) is 0.200. The lowest BCUT2D eigenvalue weighted by molar-refractivity contribution is 0.0365. The minimum atomic E-state index is -3.01. The van der Waals surface area contributed by atoms with Crippen LogP contribution in [0.15, 0.2) is 24.5 Å². The largest absolute Gasteiger partial charge is 0.478 e. The van der Waals surface area contributed by atoms with Gasteiger partial charge < -0.3 is 15.5 Å². The Kier molecular flexibility index (Phi) is 7.46. The zero-order valence-electron chi connectivity index (χ0n) is 13.5. The van der Waals surface area contributed by atoms with E-state index < -0.39 is 41.6 Å². The number of pyridine rings is 2. The van der Waals surface area contributed by atoms with E-state index >= 15 is 0 Å². The van der Waals surface area contributed by atoms with Gasteiger partial charge in [0.05, 0.1) is 24.5 Å². The standard InChI is InChI=1S/C9H9F3N2O2.C6H3ClFNO2/c1-9(11,12)4-14-7-6(8(15)16)2-5(10)3-13-7;7-5-4(6(10)11)1-3(8)2-9-5/h2-3H,4H2,1H3,(H,13,14)(H,15,16);1-2H,(H,10,11). The quantitative estimate of drug-likeness (QED) is 0.511. The summed E-state index contributed by atoms with van der Waals surface area (Å²) < 4.78 is 50.0. The van der Waals surface area contributed by atoms with Crippen LogP contribution in [0.25, 0.3) is 0 Å². The summed E-state index contributed by atoms with van der Waals surface area (Å²) in [4.78, 5) is 27.7. The van der Waals surface area contributed by atoms with E-state index in [0.29, 0.717) is 13.0 Å². The number of alkyl halides is 2. The second kappa shape index (κ2) is 9.12. The maximum Gasteiger partial charge on any atom is 0.339 e. The Morgan fingerprint density at radius 3 is 2.00 bits per heavy atom. The molecule has 0 aliphatic carbocycles. The lowest BCUT2D eigenvalue weighted by atomic mass is 10.2. The van der Waals surface area contributed by atoms with Gasteiger partial charge in [-0.2, -0.15) is 0 Å². The molecule has 2 aromatic heterocycles. The molecule has 0 fully saturated rings. The molecule has 0 bridgehead atoms. The molecule has 2 aromatic rings. The molecule has 0 saturated carbocycles. The summed E-state index contributed by atoms with van der Waals surface area (Å²) in [5.41, 5.74) is -0.809. The molecule has 0 unspecified atom stereocenters. The number of carbonyl (C=O) groups is 2. The van der Waals surface area contributed by atoms with Crippen molar-refractivity contribution in [2.45, 2.75) is 12.8 Å². The first-order valence-electron chi connectivity index (χ1n) is 6.95. The van der Waals surface area contributed by atoms with Crippen LogP contribution < -0.4 is 5.32 Å². The number of hydrogen-bond acceptors (Lipinski definition) is 5. The van der Waals surface area contributed by atoms with Crippen molar-refractivity contribution in [1.82, 2.24) is 9.97 Å². The minimum Gasteiger partial charge on any atom is -0.478 e. The van der Waals surface area contributed by atoms with Gasteiger partial charge in [-0.1, -0.05) is 11.6 Å². The van der Waals surface area contributed by atoms with Crippen LogP contribution in [0.1, 0.15) is 27.6 Å². The molecule has 0 saturated heterocycles. The minimum absolute atomic E-state index is 0.209. The number of rotatable bonds is 5. The summed E-state index contributed by atoms with van der Waals surface area (Å²) in [5.74, 6) is -7.57. The van der Waals surface area contributed by atoms with E-state index in [2.05, 4.69) is 15.3 Å². The number of halogens is 5. The molecular formula is C15H12ClF4N3O4. The molecule has 3 N–H and O–H groups in total. The van der Waals surface area contributed by atoms with Crippen molar-refractivity contribution in [3.8, 4) is 0 Å². The third kappa shape index (κ3) is 7.44. The van der Waals surface area contributed by atoms with Crippen LogP contribution in [0.5, 0.6) is 0 Å². The van der Waals surface area contributed by atoms with Crippen molar-refractivity contribution < 1.29 is 37.4 Å². The maximum atomic E-state index is 12.7. The summed E-state index contributed by atoms with van der Waals surface area (Å²) in [6, 6.07) is 1.53. The van der Waals surface area contributed by atoms with E-state index in [0.717, 1.165) is 18.5 Å². The van der Waals surface area contributed by atoms with Crippen LogP contribution >= 0.6 is 11.6 Å². The van der Waals surface area contributed by atoms with Crippen molar-refractivity contribution >= 4 is 29.4 Å². The summed E-state index contributed by atoms with van der Waals surface area (Å²) >= 11 is 5.33. The van der Waals surface area contributed by atoms with Crippen LogP contribution in [0.2, 0.25) is 5.15 Å². The second-order valence-corrected chi connectivity index (χ2v) is 5.43. The highest BCUT2D eigenvalue weighted by Gasteiger charge is 2.22. The smallest absolute Gasteiger partial charge is 0.339 e. The number of nitrogens with zero attached hydrogens (tertiary/aromatic N) is 2. The van der Waals surface area contributed by atoms with Gasteiger partial charge in [-0.15, -0.1) is 0 Å². The molecule has 0 atom stereocenters. The van der Waals surface area contributed by atoms with Crippen LogP contribution in [-0.4, -0.2) is 44.6 Å². The van der Waals surface area contributed by atoms with Gasteiger partial charge in [0.2, 0.25) is 0 Å². The van der Waals surface area contributed by atoms with E-state index in [9.17, 15) is 27.2 Å². The predicted molar refractivity (Wildman–Crippen MR) is 86.4 cm³/mol. The number of hydrogen-bond donors (Lipinski definition) is 3. The Hall–Kier alpha value is -2.95. The first-order chi connectivity index (χ1) is 12.4. The molecule has 12 heteroatoms. The van der Waals surface area contributed by atoms with Crippen LogP contribution in [0.4, 0.5) is 23.4 Å². The Morgan fingerprint density at radius 2 is 1.56 bits per heavy atom. The third-order valence-corrected chi connectivity index (χ3v) is 2.99. The fourth-order valence-electron chi connectivity index (χ4n) is 1.55. The molecule has 0 radical (unpaired) electrons. The van der Waals surface area contributed by atoms with Crippen molar-refractivity contribution in [3.63, 3.8) is 0 Å². The molecule has 0 amide bonds. The molecule has 2 heterocycles.